The van der Waals surface area contributed by atoms with Crippen LogP contribution in [0.5, 0.6) is 0 Å². The molecule has 8 heteroatoms. The summed E-state index contributed by atoms with van der Waals surface area (Å²) in [6.45, 7) is 3.23. The number of pyridine rings is 1. The van der Waals surface area contributed by atoms with Crippen molar-refractivity contribution in [2.24, 2.45) is 0 Å². The molecule has 0 aliphatic carbocycles. The number of nitrogens with two attached hydrogens (primary N) is 1. The summed E-state index contributed by atoms with van der Waals surface area (Å²) in [6, 6.07) is 7.93. The van der Waals surface area contributed by atoms with Crippen LogP contribution in [0.25, 0.3) is 0 Å². The van der Waals surface area contributed by atoms with E-state index in [0.717, 1.165) is 40.8 Å². The van der Waals surface area contributed by atoms with Gasteiger partial charge in [0, 0.05) is 42.4 Å². The molecule has 0 saturated heterocycles. The highest BCUT2D eigenvalue weighted by molar-refractivity contribution is 7.98. The Morgan fingerprint density at radius 3 is 2.66 bits per heavy atom. The molecule has 0 amide bonds. The molecule has 3 rings (SSSR count). The Balaban J connectivity index is 1.58. The molecule has 0 aliphatic rings. The van der Waals surface area contributed by atoms with Gasteiger partial charge in [-0.2, -0.15) is 11.8 Å². The smallest absolute Gasteiger partial charge is 0.258 e. The summed E-state index contributed by atoms with van der Waals surface area (Å²) in [6.07, 6.45) is 3.85. The van der Waals surface area contributed by atoms with Crippen molar-refractivity contribution in [2.45, 2.75) is 32.2 Å². The van der Waals surface area contributed by atoms with E-state index in [2.05, 4.69) is 14.9 Å². The average molecular weight is 414 g/mol. The molecule has 0 saturated carbocycles. The van der Waals surface area contributed by atoms with E-state index in [1.54, 1.807) is 28.7 Å². The van der Waals surface area contributed by atoms with Crippen LogP contribution >= 0.6 is 11.8 Å². The van der Waals surface area contributed by atoms with Crippen molar-refractivity contribution in [3.63, 3.8) is 0 Å². The van der Waals surface area contributed by atoms with Crippen molar-refractivity contribution in [3.8, 4) is 0 Å². The van der Waals surface area contributed by atoms with Gasteiger partial charge in [0.15, 0.2) is 0 Å². The highest BCUT2D eigenvalue weighted by atomic mass is 32.2. The quantitative estimate of drug-likeness (QED) is 0.539. The lowest BCUT2D eigenvalue weighted by Crippen LogP contribution is -2.28. The maximum absolute atomic E-state index is 12.8. The van der Waals surface area contributed by atoms with Crippen LogP contribution in [0.1, 0.15) is 28.3 Å². The molecule has 29 heavy (non-hydrogen) atoms. The molecule has 3 aromatic heterocycles. The van der Waals surface area contributed by atoms with E-state index in [1.165, 1.54) is 0 Å². The fourth-order valence-electron chi connectivity index (χ4n) is 2.93. The van der Waals surface area contributed by atoms with Crippen molar-refractivity contribution >= 4 is 17.7 Å². The number of anilines is 1. The number of aromatic nitrogens is 3. The summed E-state index contributed by atoms with van der Waals surface area (Å²) in [4.78, 5) is 23.4. The second-order valence-corrected chi connectivity index (χ2v) is 8.35. The van der Waals surface area contributed by atoms with E-state index in [0.29, 0.717) is 18.5 Å². The number of thioether (sulfide) groups is 1. The molecule has 0 radical (unpaired) electrons. The molecule has 3 heterocycles. The SMILES string of the molecule is Cc1ccc(Cc2cnc(N)n(CCSCc3ccc(CN(C)C)o3)c2=O)cn1. The van der Waals surface area contributed by atoms with Crippen LogP contribution in [-0.2, 0) is 25.3 Å². The first-order valence-corrected chi connectivity index (χ1v) is 10.6. The van der Waals surface area contributed by atoms with Crippen molar-refractivity contribution in [2.75, 3.05) is 25.6 Å². The maximum atomic E-state index is 12.8. The molecule has 7 nitrogen and oxygen atoms in total. The van der Waals surface area contributed by atoms with Gasteiger partial charge in [0.1, 0.15) is 11.5 Å². The van der Waals surface area contributed by atoms with E-state index < -0.39 is 0 Å². The Hall–Kier alpha value is -2.58. The third kappa shape index (κ3) is 5.95. The standard InChI is InChI=1S/C21H27N5O2S/c1-15-4-5-16(11-23-15)10-17-12-24-21(22)26(20(17)27)8-9-29-14-19-7-6-18(28-19)13-25(2)3/h4-7,11-12H,8-10,13-14H2,1-3H3,(H2,22,24). The minimum atomic E-state index is -0.0926. The van der Waals surface area contributed by atoms with Gasteiger partial charge in [-0.25, -0.2) is 4.98 Å². The van der Waals surface area contributed by atoms with Gasteiger partial charge in [0.2, 0.25) is 5.95 Å². The van der Waals surface area contributed by atoms with Crippen LogP contribution in [0.15, 0.2) is 45.9 Å². The summed E-state index contributed by atoms with van der Waals surface area (Å²) >= 11 is 1.70. The van der Waals surface area contributed by atoms with Gasteiger partial charge in [-0.05, 0) is 44.8 Å². The van der Waals surface area contributed by atoms with Crippen LogP contribution < -0.4 is 11.3 Å². The first-order chi connectivity index (χ1) is 13.9. The zero-order valence-corrected chi connectivity index (χ0v) is 17.9. The van der Waals surface area contributed by atoms with Crippen molar-refractivity contribution in [1.29, 1.82) is 0 Å². The summed E-state index contributed by atoms with van der Waals surface area (Å²) in [7, 11) is 4.02. The van der Waals surface area contributed by atoms with Gasteiger partial charge in [-0.15, -0.1) is 0 Å². The number of nitrogen functional groups attached to an aromatic ring is 1. The largest absolute Gasteiger partial charge is 0.464 e. The van der Waals surface area contributed by atoms with Gasteiger partial charge in [-0.3, -0.25) is 14.3 Å². The summed E-state index contributed by atoms with van der Waals surface area (Å²) < 4.78 is 7.36. The van der Waals surface area contributed by atoms with Crippen molar-refractivity contribution in [3.05, 3.63) is 75.4 Å². The van der Waals surface area contributed by atoms with Crippen LogP contribution in [0, 0.1) is 6.92 Å². The Kier molecular flexibility index (Phi) is 7.11. The Labute approximate surface area is 175 Å². The van der Waals surface area contributed by atoms with Crippen molar-refractivity contribution < 1.29 is 4.42 Å². The van der Waals surface area contributed by atoms with E-state index in [4.69, 9.17) is 10.2 Å². The number of aryl methyl sites for hydroxylation is 1. The zero-order valence-electron chi connectivity index (χ0n) is 17.1. The van der Waals surface area contributed by atoms with Gasteiger partial charge in [0.05, 0.1) is 12.3 Å². The molecule has 0 aromatic carbocycles. The van der Waals surface area contributed by atoms with Crippen LogP contribution in [0.2, 0.25) is 0 Å². The van der Waals surface area contributed by atoms with Gasteiger partial charge >= 0.3 is 0 Å². The molecule has 0 unspecified atom stereocenters. The molecule has 0 spiro atoms. The first kappa shape index (κ1) is 21.1. The van der Waals surface area contributed by atoms with Gasteiger partial charge < -0.3 is 15.1 Å². The van der Waals surface area contributed by atoms with Gasteiger partial charge in [0.25, 0.3) is 5.56 Å². The summed E-state index contributed by atoms with van der Waals surface area (Å²) in [5.41, 5.74) is 8.41. The number of hydrogen-bond acceptors (Lipinski definition) is 7. The van der Waals surface area contributed by atoms with Crippen molar-refractivity contribution in [1.82, 2.24) is 19.4 Å². The average Bonchev–Trinajstić information content (AvgIpc) is 3.11. The molecule has 3 aromatic rings. The molecule has 0 atom stereocenters. The van der Waals surface area contributed by atoms with E-state index in [1.807, 2.05) is 45.3 Å². The maximum Gasteiger partial charge on any atom is 0.258 e. The highest BCUT2D eigenvalue weighted by Gasteiger charge is 2.10. The molecule has 0 fully saturated rings. The second-order valence-electron chi connectivity index (χ2n) is 7.24. The first-order valence-electron chi connectivity index (χ1n) is 9.48. The third-order valence-corrected chi connectivity index (χ3v) is 5.37. The predicted octanol–water partition coefficient (Wildman–Crippen LogP) is 2.71. The number of nitrogens with zero attached hydrogens (tertiary/aromatic N) is 4. The number of hydrogen-bond donors (Lipinski definition) is 1. The van der Waals surface area contributed by atoms with E-state index >= 15 is 0 Å². The molecule has 154 valence electrons. The highest BCUT2D eigenvalue weighted by Crippen LogP contribution is 2.17. The van der Waals surface area contributed by atoms with E-state index in [9.17, 15) is 4.79 Å². The number of furan rings is 1. The monoisotopic (exact) mass is 413 g/mol. The molecule has 2 N–H and O–H groups in total. The van der Waals surface area contributed by atoms with E-state index in [-0.39, 0.29) is 11.5 Å². The van der Waals surface area contributed by atoms with Crippen LogP contribution in [0.4, 0.5) is 5.95 Å². The molecule has 0 aliphatic heterocycles. The van der Waals surface area contributed by atoms with Gasteiger partial charge in [-0.1, -0.05) is 6.07 Å². The second kappa shape index (κ2) is 9.76. The molecular formula is C21H27N5O2S. The Morgan fingerprint density at radius 2 is 1.93 bits per heavy atom. The third-order valence-electron chi connectivity index (χ3n) is 4.41. The fourth-order valence-corrected chi connectivity index (χ4v) is 3.74. The number of rotatable bonds is 9. The summed E-state index contributed by atoms with van der Waals surface area (Å²) in [5, 5.41) is 0. The lowest BCUT2D eigenvalue weighted by molar-refractivity contribution is 0.344. The normalized spacial score (nSPS) is 11.3. The minimum Gasteiger partial charge on any atom is -0.464 e. The molecule has 0 bridgehead atoms. The molecular weight excluding hydrogens is 386 g/mol. The minimum absolute atomic E-state index is 0.0926. The summed E-state index contributed by atoms with van der Waals surface area (Å²) in [5.74, 6) is 3.63. The lowest BCUT2D eigenvalue weighted by atomic mass is 10.1. The topological polar surface area (TPSA) is 90.2 Å². The Bertz CT molecular complexity index is 995. The lowest BCUT2D eigenvalue weighted by Gasteiger charge is -2.10. The predicted molar refractivity (Wildman–Crippen MR) is 117 cm³/mol. The zero-order chi connectivity index (χ0) is 20.8. The Morgan fingerprint density at radius 1 is 1.14 bits per heavy atom. The van der Waals surface area contributed by atoms with Crippen LogP contribution in [0.3, 0.4) is 0 Å². The van der Waals surface area contributed by atoms with Crippen LogP contribution in [-0.4, -0.2) is 39.3 Å². The fraction of sp³-hybridized carbons (Fsp3) is 0.381.